The van der Waals surface area contributed by atoms with Gasteiger partial charge in [-0.1, -0.05) is 12.1 Å². The van der Waals surface area contributed by atoms with Crippen molar-refractivity contribution in [1.29, 1.82) is 0 Å². The number of hydrogen-bond donors (Lipinski definition) is 3. The number of aliphatic carboxylic acids is 1. The minimum absolute atomic E-state index is 0.0465. The second kappa shape index (κ2) is 6.53. The van der Waals surface area contributed by atoms with Crippen LogP contribution >= 0.6 is 0 Å². The first-order valence-corrected chi connectivity index (χ1v) is 5.62. The molecule has 1 aromatic rings. The third-order valence-electron chi connectivity index (χ3n) is 2.17. The maximum atomic E-state index is 11.4. The quantitative estimate of drug-likeness (QED) is 0.736. The molecule has 3 N–H and O–H groups in total. The molecule has 104 valence electrons. The minimum atomic E-state index is -0.984. The second-order valence-electron chi connectivity index (χ2n) is 4.24. The Labute approximate surface area is 109 Å². The van der Waals surface area contributed by atoms with E-state index in [1.807, 2.05) is 0 Å². The van der Waals surface area contributed by atoms with Crippen LogP contribution in [0.2, 0.25) is 0 Å². The number of carbonyl (C=O) groups is 3. The van der Waals surface area contributed by atoms with Crippen molar-refractivity contribution in [2.45, 2.75) is 26.7 Å². The summed E-state index contributed by atoms with van der Waals surface area (Å²) >= 11 is 0. The maximum Gasteiger partial charge on any atom is 0.328 e. The predicted molar refractivity (Wildman–Crippen MR) is 64.4 cm³/mol. The fourth-order valence-electron chi connectivity index (χ4n) is 1.43. The van der Waals surface area contributed by atoms with Gasteiger partial charge >= 0.3 is 12.0 Å². The first-order valence-electron chi connectivity index (χ1n) is 5.62. The molecule has 19 heavy (non-hydrogen) atoms. The molecule has 1 unspecified atom stereocenters. The number of carbonyl (C=O) groups excluding carboxylic acids is 2. The largest absolute Gasteiger partial charge is 0.481 e. The lowest BCUT2D eigenvalue weighted by molar-refractivity contribution is -0.138. The average molecular weight is 269 g/mol. The van der Waals surface area contributed by atoms with Gasteiger partial charge in [0, 0.05) is 18.9 Å². The summed E-state index contributed by atoms with van der Waals surface area (Å²) in [4.78, 5) is 33.2. The van der Waals surface area contributed by atoms with E-state index in [9.17, 15) is 14.4 Å². The highest BCUT2D eigenvalue weighted by molar-refractivity contribution is 6.00. The van der Waals surface area contributed by atoms with E-state index >= 15 is 0 Å². The highest BCUT2D eigenvalue weighted by Gasteiger charge is 2.15. The van der Waals surface area contributed by atoms with Gasteiger partial charge in [0.1, 0.15) is 0 Å². The number of amides is 3. The number of rotatable bonds is 5. The Kier molecular flexibility index (Phi) is 5.04. The Hall–Kier alpha value is -2.38. The monoisotopic (exact) mass is 269 g/mol. The van der Waals surface area contributed by atoms with Gasteiger partial charge in [0.2, 0.25) is 11.8 Å². The molecule has 1 aromatic heterocycles. The molecule has 0 aromatic carbocycles. The highest BCUT2D eigenvalue weighted by atomic mass is 16.5. The molecule has 0 saturated carbocycles. The summed E-state index contributed by atoms with van der Waals surface area (Å²) in [5, 5.41) is 16.5. The molecule has 1 heterocycles. The predicted octanol–water partition coefficient (Wildman–Crippen LogP) is 1.13. The van der Waals surface area contributed by atoms with Crippen LogP contribution in [0.15, 0.2) is 10.6 Å². The molecular formula is C11H15N3O5. The van der Waals surface area contributed by atoms with E-state index in [-0.39, 0.29) is 24.6 Å². The zero-order chi connectivity index (χ0) is 14.4. The van der Waals surface area contributed by atoms with E-state index in [1.54, 1.807) is 13.8 Å². The van der Waals surface area contributed by atoms with Crippen LogP contribution in [-0.2, 0) is 9.59 Å². The summed E-state index contributed by atoms with van der Waals surface area (Å²) < 4.78 is 4.74. The molecular weight excluding hydrogens is 254 g/mol. The van der Waals surface area contributed by atoms with Gasteiger partial charge in [-0.15, -0.1) is 0 Å². The normalized spacial score (nSPS) is 11.7. The van der Waals surface area contributed by atoms with Gasteiger partial charge in [-0.05, 0) is 12.8 Å². The van der Waals surface area contributed by atoms with E-state index in [0.717, 1.165) is 0 Å². The van der Waals surface area contributed by atoms with Gasteiger partial charge in [0.25, 0.3) is 0 Å². The van der Waals surface area contributed by atoms with Crippen molar-refractivity contribution in [3.8, 4) is 0 Å². The van der Waals surface area contributed by atoms with Crippen molar-refractivity contribution in [3.05, 3.63) is 11.8 Å². The summed E-state index contributed by atoms with van der Waals surface area (Å²) in [6.45, 7) is 3.30. The average Bonchev–Trinajstić information content (AvgIpc) is 2.61. The zero-order valence-electron chi connectivity index (χ0n) is 10.6. The third-order valence-corrected chi connectivity index (χ3v) is 2.17. The van der Waals surface area contributed by atoms with Crippen molar-refractivity contribution >= 4 is 23.8 Å². The number of nitrogens with zero attached hydrogens (tertiary/aromatic N) is 1. The molecule has 0 aliphatic heterocycles. The van der Waals surface area contributed by atoms with E-state index in [4.69, 9.17) is 9.63 Å². The first-order chi connectivity index (χ1) is 8.86. The van der Waals surface area contributed by atoms with Crippen LogP contribution in [0.1, 0.15) is 25.5 Å². The fourth-order valence-corrected chi connectivity index (χ4v) is 1.43. The first kappa shape index (κ1) is 14.7. The minimum Gasteiger partial charge on any atom is -0.481 e. The topological polar surface area (TPSA) is 122 Å². The molecule has 8 heteroatoms. The highest BCUT2D eigenvalue weighted by Crippen LogP contribution is 2.09. The van der Waals surface area contributed by atoms with Crippen LogP contribution in [0.25, 0.3) is 0 Å². The third kappa shape index (κ3) is 5.66. The Morgan fingerprint density at radius 2 is 2.11 bits per heavy atom. The number of aromatic nitrogens is 1. The van der Waals surface area contributed by atoms with Gasteiger partial charge < -0.3 is 9.63 Å². The lowest BCUT2D eigenvalue weighted by Crippen LogP contribution is -2.35. The van der Waals surface area contributed by atoms with Crippen molar-refractivity contribution in [2.75, 3.05) is 5.32 Å². The van der Waals surface area contributed by atoms with Crippen LogP contribution in [0.5, 0.6) is 0 Å². The Morgan fingerprint density at radius 3 is 2.63 bits per heavy atom. The molecule has 1 atom stereocenters. The Bertz CT molecular complexity index is 482. The SMILES string of the molecule is Cc1cc(NC(=O)NC(=O)CC(C)CC(=O)O)on1. The van der Waals surface area contributed by atoms with Crippen molar-refractivity contribution < 1.29 is 24.0 Å². The molecule has 0 fully saturated rings. The van der Waals surface area contributed by atoms with Crippen LogP contribution in [0.4, 0.5) is 10.7 Å². The molecule has 0 bridgehead atoms. The number of carboxylic acids is 1. The number of anilines is 1. The fraction of sp³-hybridized carbons (Fsp3) is 0.455. The lowest BCUT2D eigenvalue weighted by Gasteiger charge is -2.08. The summed E-state index contributed by atoms with van der Waals surface area (Å²) in [5.74, 6) is -1.76. The molecule has 0 radical (unpaired) electrons. The van der Waals surface area contributed by atoms with Gasteiger partial charge in [0.05, 0.1) is 5.69 Å². The van der Waals surface area contributed by atoms with Crippen LogP contribution in [0, 0.1) is 12.8 Å². The van der Waals surface area contributed by atoms with Crippen molar-refractivity contribution in [3.63, 3.8) is 0 Å². The summed E-state index contributed by atoms with van der Waals surface area (Å²) in [6.07, 6.45) is -0.175. The summed E-state index contributed by atoms with van der Waals surface area (Å²) in [7, 11) is 0. The van der Waals surface area contributed by atoms with Crippen LogP contribution in [0.3, 0.4) is 0 Å². The number of urea groups is 1. The van der Waals surface area contributed by atoms with Crippen LogP contribution in [-0.4, -0.2) is 28.2 Å². The molecule has 3 amide bonds. The van der Waals surface area contributed by atoms with E-state index in [1.165, 1.54) is 6.07 Å². The summed E-state index contributed by atoms with van der Waals surface area (Å²) in [6, 6.07) is 0.751. The molecule has 0 aliphatic rings. The van der Waals surface area contributed by atoms with E-state index in [0.29, 0.717) is 5.69 Å². The number of hydrogen-bond acceptors (Lipinski definition) is 5. The molecule has 0 spiro atoms. The lowest BCUT2D eigenvalue weighted by atomic mass is 10.0. The molecule has 1 rings (SSSR count). The standard InChI is InChI=1S/C11H15N3O5/c1-6(4-10(16)17)3-8(15)12-11(18)13-9-5-7(2)14-19-9/h5-6H,3-4H2,1-2H3,(H,16,17)(H2,12,13,15,18). The molecule has 0 saturated heterocycles. The number of aryl methyl sites for hydroxylation is 1. The maximum absolute atomic E-state index is 11.4. The van der Waals surface area contributed by atoms with Gasteiger partial charge in [-0.3, -0.25) is 20.2 Å². The van der Waals surface area contributed by atoms with Crippen molar-refractivity contribution in [2.24, 2.45) is 5.92 Å². The Balaban J connectivity index is 2.35. The van der Waals surface area contributed by atoms with Gasteiger partial charge in [-0.2, -0.15) is 0 Å². The number of nitrogens with one attached hydrogen (secondary N) is 2. The summed E-state index contributed by atoms with van der Waals surface area (Å²) in [5.41, 5.74) is 0.594. The second-order valence-corrected chi connectivity index (χ2v) is 4.24. The Morgan fingerprint density at radius 1 is 1.42 bits per heavy atom. The molecule has 0 aliphatic carbocycles. The number of imide groups is 1. The van der Waals surface area contributed by atoms with Crippen LogP contribution < -0.4 is 10.6 Å². The number of carboxylic acid groups (broad SMARTS) is 1. The van der Waals surface area contributed by atoms with E-state index in [2.05, 4.69) is 15.8 Å². The van der Waals surface area contributed by atoms with Crippen molar-refractivity contribution in [1.82, 2.24) is 10.5 Å². The van der Waals surface area contributed by atoms with E-state index < -0.39 is 17.9 Å². The molecule has 8 nitrogen and oxygen atoms in total. The van der Waals surface area contributed by atoms with Gasteiger partial charge in [0.15, 0.2) is 0 Å². The van der Waals surface area contributed by atoms with Gasteiger partial charge in [-0.25, -0.2) is 4.79 Å². The zero-order valence-corrected chi connectivity index (χ0v) is 10.6. The smallest absolute Gasteiger partial charge is 0.328 e.